The number of nitrogens with zero attached hydrogens (tertiary/aromatic N) is 2. The van der Waals surface area contributed by atoms with Crippen LogP contribution in [-0.4, -0.2) is 66.9 Å². The molecular formula is C46H56ClN2O6S2-. The summed E-state index contributed by atoms with van der Waals surface area (Å²) in [5.74, 6) is -0.432. The summed E-state index contributed by atoms with van der Waals surface area (Å²) in [7, 11) is -8.52. The predicted molar refractivity (Wildman–Crippen MR) is 231 cm³/mol. The number of fused-ring (bicyclic) bond motifs is 6. The first kappa shape index (κ1) is 41.9. The summed E-state index contributed by atoms with van der Waals surface area (Å²) in [6.45, 7) is 10.6. The Morgan fingerprint density at radius 3 is 2.04 bits per heavy atom. The third kappa shape index (κ3) is 8.72. The van der Waals surface area contributed by atoms with Crippen molar-refractivity contribution in [3.05, 3.63) is 94.5 Å². The van der Waals surface area contributed by atoms with E-state index in [0.29, 0.717) is 38.8 Å². The summed E-state index contributed by atoms with van der Waals surface area (Å²) < 4.78 is 70.8. The average molecular weight is 833 g/mol. The average Bonchev–Trinajstić information content (AvgIpc) is 3.51. The molecule has 1 aliphatic carbocycles. The molecule has 0 aromatic heterocycles. The maximum atomic E-state index is 11.4. The van der Waals surface area contributed by atoms with E-state index < -0.39 is 20.2 Å². The van der Waals surface area contributed by atoms with E-state index in [1.54, 1.807) is 0 Å². The number of rotatable bonds is 16. The molecule has 0 spiro atoms. The van der Waals surface area contributed by atoms with Crippen molar-refractivity contribution in [3.8, 4) is 0 Å². The number of unbranched alkanes of at least 4 members (excludes halogenated alkanes) is 2. The van der Waals surface area contributed by atoms with Gasteiger partial charge in [0.1, 0.15) is 6.54 Å². The summed E-state index contributed by atoms with van der Waals surface area (Å²) in [5.41, 5.74) is 7.19. The van der Waals surface area contributed by atoms with Crippen LogP contribution in [0.1, 0.15) is 109 Å². The van der Waals surface area contributed by atoms with Crippen molar-refractivity contribution in [2.24, 2.45) is 5.92 Å². The highest BCUT2D eigenvalue weighted by Gasteiger charge is 2.47. The van der Waals surface area contributed by atoms with Crippen molar-refractivity contribution in [1.29, 1.82) is 0 Å². The molecule has 0 amide bonds. The molecule has 2 heterocycles. The number of halogens is 1. The van der Waals surface area contributed by atoms with Gasteiger partial charge in [0.2, 0.25) is 5.69 Å². The molecule has 2 unspecified atom stereocenters. The van der Waals surface area contributed by atoms with Gasteiger partial charge >= 0.3 is 0 Å². The first-order valence-electron chi connectivity index (χ1n) is 20.7. The highest BCUT2D eigenvalue weighted by atomic mass is 35.5. The minimum absolute atomic E-state index is 0.167. The lowest BCUT2D eigenvalue weighted by atomic mass is 9.75. The Bertz CT molecular complexity index is 2460. The molecule has 7 rings (SSSR count). The van der Waals surface area contributed by atoms with Crippen molar-refractivity contribution in [1.82, 2.24) is 0 Å². The highest BCUT2D eigenvalue weighted by Crippen LogP contribution is 2.51. The minimum atomic E-state index is -4.26. The Morgan fingerprint density at radius 2 is 1.37 bits per heavy atom. The number of hydrogen-bond donors (Lipinski definition) is 0. The number of hydrogen-bond acceptors (Lipinski definition) is 7. The molecule has 4 aromatic carbocycles. The van der Waals surface area contributed by atoms with Gasteiger partial charge in [-0.05, 0) is 117 Å². The van der Waals surface area contributed by atoms with Gasteiger partial charge < -0.3 is 14.0 Å². The van der Waals surface area contributed by atoms with Crippen LogP contribution in [0.2, 0.25) is 0 Å². The van der Waals surface area contributed by atoms with Gasteiger partial charge in [0.05, 0.1) is 25.7 Å². The Labute approximate surface area is 344 Å². The lowest BCUT2D eigenvalue weighted by molar-refractivity contribution is -0.440. The van der Waals surface area contributed by atoms with E-state index >= 15 is 0 Å². The smallest absolute Gasteiger partial charge is 0.210 e. The van der Waals surface area contributed by atoms with E-state index in [1.807, 2.05) is 0 Å². The zero-order chi connectivity index (χ0) is 40.8. The first-order chi connectivity index (χ1) is 27.0. The quantitative estimate of drug-likeness (QED) is 0.0626. The van der Waals surface area contributed by atoms with Crippen molar-refractivity contribution < 1.29 is 30.5 Å². The lowest BCUT2D eigenvalue weighted by Crippen LogP contribution is -2.42. The van der Waals surface area contributed by atoms with Crippen LogP contribution in [0.15, 0.2) is 83.4 Å². The zero-order valence-corrected chi connectivity index (χ0v) is 36.1. The largest absolute Gasteiger partial charge is 0.748 e. The van der Waals surface area contributed by atoms with Gasteiger partial charge in [-0.1, -0.05) is 85.6 Å². The normalized spacial score (nSPS) is 20.5. The van der Waals surface area contributed by atoms with Crippen LogP contribution in [0.4, 0.5) is 11.4 Å². The molecular weight excluding hydrogens is 776 g/mol. The summed E-state index contributed by atoms with van der Waals surface area (Å²) >= 11 is 7.43. The molecule has 0 N–H and O–H groups in total. The Balaban J connectivity index is 1.12. The van der Waals surface area contributed by atoms with Crippen LogP contribution in [0.25, 0.3) is 21.5 Å². The zero-order valence-electron chi connectivity index (χ0n) is 33.7. The fraction of sp³-hybridized carbons (Fsp3) is 0.500. The van der Waals surface area contributed by atoms with Crippen LogP contribution in [0, 0.1) is 5.92 Å². The molecule has 4 aromatic rings. The molecule has 3 aliphatic rings. The maximum Gasteiger partial charge on any atom is 0.210 e. The Kier molecular flexibility index (Phi) is 12.0. The molecule has 11 heteroatoms. The summed E-state index contributed by atoms with van der Waals surface area (Å²) in [6, 6.07) is 26.0. The van der Waals surface area contributed by atoms with Gasteiger partial charge in [0, 0.05) is 64.7 Å². The maximum absolute atomic E-state index is 11.4. The van der Waals surface area contributed by atoms with E-state index in [2.05, 4.69) is 110 Å². The van der Waals surface area contributed by atoms with Crippen molar-refractivity contribution in [2.45, 2.75) is 115 Å². The van der Waals surface area contributed by atoms with Gasteiger partial charge in [-0.25, -0.2) is 16.8 Å². The third-order valence-electron chi connectivity index (χ3n) is 13.2. The molecule has 8 nitrogen and oxygen atoms in total. The van der Waals surface area contributed by atoms with Gasteiger partial charge in [-0.15, -0.1) is 0 Å². The molecule has 57 heavy (non-hydrogen) atoms. The molecule has 0 fully saturated rings. The lowest BCUT2D eigenvalue weighted by Gasteiger charge is -2.36. The van der Waals surface area contributed by atoms with Crippen LogP contribution in [0.3, 0.4) is 0 Å². The highest BCUT2D eigenvalue weighted by molar-refractivity contribution is 7.85. The topological polar surface area (TPSA) is 121 Å². The van der Waals surface area contributed by atoms with Gasteiger partial charge in [-0.2, -0.15) is 4.58 Å². The number of anilines is 1. The van der Waals surface area contributed by atoms with Crippen molar-refractivity contribution in [3.63, 3.8) is 0 Å². The third-order valence-corrected chi connectivity index (χ3v) is 15.3. The van der Waals surface area contributed by atoms with E-state index in [9.17, 15) is 25.9 Å². The van der Waals surface area contributed by atoms with Crippen LogP contribution in [-0.2, 0) is 31.1 Å². The van der Waals surface area contributed by atoms with Gasteiger partial charge in [-0.3, -0.25) is 0 Å². The summed E-state index contributed by atoms with van der Waals surface area (Å²) in [6.07, 6.45) is 8.56. The van der Waals surface area contributed by atoms with Crippen LogP contribution < -0.4 is 4.90 Å². The molecule has 0 saturated heterocycles. The van der Waals surface area contributed by atoms with Crippen LogP contribution in [0.5, 0.6) is 0 Å². The first-order valence-corrected chi connectivity index (χ1v) is 24.2. The second-order valence-corrected chi connectivity index (χ2v) is 21.0. The molecule has 0 bridgehead atoms. The van der Waals surface area contributed by atoms with Crippen LogP contribution >= 0.6 is 11.6 Å². The van der Waals surface area contributed by atoms with E-state index in [4.69, 9.17) is 11.6 Å². The van der Waals surface area contributed by atoms with Crippen molar-refractivity contribution in [2.75, 3.05) is 29.5 Å². The van der Waals surface area contributed by atoms with E-state index in [0.717, 1.165) is 55.7 Å². The van der Waals surface area contributed by atoms with E-state index in [-0.39, 0.29) is 34.3 Å². The van der Waals surface area contributed by atoms with Gasteiger partial charge in [0.15, 0.2) is 5.71 Å². The number of allylic oxidation sites excluding steroid dienone is 2. The molecule has 2 aliphatic heterocycles. The minimum Gasteiger partial charge on any atom is -0.748 e. The second kappa shape index (κ2) is 16.4. The Hall–Kier alpha value is -3.28. The van der Waals surface area contributed by atoms with E-state index in [1.165, 1.54) is 49.6 Å². The monoisotopic (exact) mass is 831 g/mol. The van der Waals surface area contributed by atoms with Gasteiger partial charge in [0.25, 0.3) is 0 Å². The van der Waals surface area contributed by atoms with Crippen molar-refractivity contribution >= 4 is 70.5 Å². The molecule has 306 valence electrons. The fourth-order valence-electron chi connectivity index (χ4n) is 10.5. The summed E-state index contributed by atoms with van der Waals surface area (Å²) in [5, 5.41) is 5.88. The fourth-order valence-corrected chi connectivity index (χ4v) is 12.0. The molecule has 0 saturated carbocycles. The standard InChI is InChI=1S/C46H57ClN2O6S2/c1-45(2)40(48(28-9-11-30-56(50,51)52)38-24-20-32-14-5-7-18-36(32)42(38)45)26-22-34-16-13-17-35(44(34)47)23-27-41-46(3,4)43-37-19-8-6-15-33(37)21-25-39(43)49(41)29-10-12-31-57(53,54)55/h5-8,14-15,18-21,24-25,34,40H,9-13,16-17,22-23,26-31H2,1-4H3,(H-,50,51,52,53,54,55)/p-1. The predicted octanol–water partition coefficient (Wildman–Crippen LogP) is 10.0. The second-order valence-electron chi connectivity index (χ2n) is 17.6. The molecule has 0 radical (unpaired) electrons. The number of benzene rings is 4. The summed E-state index contributed by atoms with van der Waals surface area (Å²) in [4.78, 5) is 2.47. The Morgan fingerprint density at radius 1 is 0.754 bits per heavy atom. The SMILES string of the molecule is CC1(C)C(CCC2=C(Cl)C(CCC3N(CCCCS(=O)(=O)[O-])c4ccc5ccccc5c4C3(C)C)CCC2)=[N+](CCCCS(=O)(=O)[O-])c2ccc3ccccc3c21. The molecule has 2 atom stereocenters.